The molecule has 0 aromatic heterocycles. The summed E-state index contributed by atoms with van der Waals surface area (Å²) in [6, 6.07) is 10.1. The highest BCUT2D eigenvalue weighted by Crippen LogP contribution is 2.01. The maximum atomic E-state index is 11.7. The average molecular weight is 264 g/mol. The summed E-state index contributed by atoms with van der Waals surface area (Å²) in [7, 11) is 1.78. The number of likely N-dealkylation sites (N-methyl/N-ethyl adjacent to an activating group) is 1. The number of benzene rings is 1. The van der Waals surface area contributed by atoms with Gasteiger partial charge in [0.05, 0.1) is 12.1 Å². The fraction of sp³-hybridized carbons (Fsp3) is 0.533. The number of ether oxygens (including phenoxy) is 1. The molecule has 2 N–H and O–H groups in total. The molecule has 0 saturated heterocycles. The second-order valence-corrected chi connectivity index (χ2v) is 5.02. The van der Waals surface area contributed by atoms with Crippen LogP contribution in [0.4, 0.5) is 0 Å². The van der Waals surface area contributed by atoms with E-state index < -0.39 is 5.54 Å². The van der Waals surface area contributed by atoms with Gasteiger partial charge < -0.3 is 15.4 Å². The van der Waals surface area contributed by atoms with E-state index in [9.17, 15) is 4.79 Å². The summed E-state index contributed by atoms with van der Waals surface area (Å²) in [6.45, 7) is 5.62. The van der Waals surface area contributed by atoms with Gasteiger partial charge >= 0.3 is 0 Å². The molecule has 0 aliphatic carbocycles. The molecule has 0 fully saturated rings. The Morgan fingerprint density at radius 1 is 1.26 bits per heavy atom. The third kappa shape index (κ3) is 5.85. The van der Waals surface area contributed by atoms with Crippen LogP contribution in [0.5, 0.6) is 0 Å². The van der Waals surface area contributed by atoms with Gasteiger partial charge in [0.25, 0.3) is 0 Å². The molecule has 0 atom stereocenters. The Kier molecular flexibility index (Phi) is 6.53. The van der Waals surface area contributed by atoms with Crippen LogP contribution in [0.15, 0.2) is 30.3 Å². The van der Waals surface area contributed by atoms with Crippen LogP contribution in [0.3, 0.4) is 0 Å². The lowest BCUT2D eigenvalue weighted by Crippen LogP contribution is -2.51. The molecule has 1 rings (SSSR count). The fourth-order valence-electron chi connectivity index (χ4n) is 1.47. The molecule has 1 aromatic rings. The van der Waals surface area contributed by atoms with Gasteiger partial charge in [-0.2, -0.15) is 0 Å². The summed E-state index contributed by atoms with van der Waals surface area (Å²) in [5, 5.41) is 5.86. The van der Waals surface area contributed by atoms with E-state index in [-0.39, 0.29) is 5.91 Å². The lowest BCUT2D eigenvalue weighted by Gasteiger charge is -2.22. The first kappa shape index (κ1) is 15.7. The third-order valence-electron chi connectivity index (χ3n) is 3.06. The topological polar surface area (TPSA) is 50.4 Å². The van der Waals surface area contributed by atoms with Gasteiger partial charge in [-0.1, -0.05) is 30.3 Å². The summed E-state index contributed by atoms with van der Waals surface area (Å²) in [6.07, 6.45) is 0.818. The Morgan fingerprint density at radius 2 is 1.95 bits per heavy atom. The molecule has 0 aliphatic rings. The zero-order valence-corrected chi connectivity index (χ0v) is 12.0. The number of hydrogen-bond donors (Lipinski definition) is 2. The summed E-state index contributed by atoms with van der Waals surface area (Å²) in [4.78, 5) is 11.7. The summed E-state index contributed by atoms with van der Waals surface area (Å²) in [5.41, 5.74) is 0.646. The van der Waals surface area contributed by atoms with Gasteiger partial charge in [-0.05, 0) is 32.9 Å². The van der Waals surface area contributed by atoms with Crippen LogP contribution in [0.2, 0.25) is 0 Å². The standard InChI is InChI=1S/C15H24N2O2/c1-15(2,16-3)14(18)17-10-7-11-19-12-13-8-5-4-6-9-13/h4-6,8-9,16H,7,10-12H2,1-3H3,(H,17,18). The van der Waals surface area contributed by atoms with E-state index in [1.165, 1.54) is 5.56 Å². The van der Waals surface area contributed by atoms with Gasteiger partial charge in [-0.3, -0.25) is 4.79 Å². The molecule has 106 valence electrons. The third-order valence-corrected chi connectivity index (χ3v) is 3.06. The molecule has 0 bridgehead atoms. The van der Waals surface area contributed by atoms with Gasteiger partial charge in [-0.25, -0.2) is 0 Å². The first-order chi connectivity index (χ1) is 9.06. The first-order valence-electron chi connectivity index (χ1n) is 6.65. The van der Waals surface area contributed by atoms with Crippen LogP contribution in [-0.4, -0.2) is 31.6 Å². The zero-order valence-electron chi connectivity index (χ0n) is 12.0. The maximum absolute atomic E-state index is 11.7. The molecule has 1 amide bonds. The maximum Gasteiger partial charge on any atom is 0.239 e. The fourth-order valence-corrected chi connectivity index (χ4v) is 1.47. The molecule has 4 nitrogen and oxygen atoms in total. The molecule has 0 saturated carbocycles. The minimum atomic E-state index is -0.523. The van der Waals surface area contributed by atoms with Crippen molar-refractivity contribution in [2.24, 2.45) is 0 Å². The number of carbonyl (C=O) groups is 1. The molecule has 1 aromatic carbocycles. The van der Waals surface area contributed by atoms with Crippen LogP contribution in [-0.2, 0) is 16.1 Å². The summed E-state index contributed by atoms with van der Waals surface area (Å²) in [5.74, 6) is 0.0121. The monoisotopic (exact) mass is 264 g/mol. The zero-order chi connectivity index (χ0) is 14.1. The molecule has 0 unspecified atom stereocenters. The van der Waals surface area contributed by atoms with Crippen molar-refractivity contribution in [3.63, 3.8) is 0 Å². The predicted molar refractivity (Wildman–Crippen MR) is 76.9 cm³/mol. The average Bonchev–Trinajstić information content (AvgIpc) is 2.43. The van der Waals surface area contributed by atoms with Crippen LogP contribution < -0.4 is 10.6 Å². The highest BCUT2D eigenvalue weighted by molar-refractivity contribution is 5.85. The summed E-state index contributed by atoms with van der Waals surface area (Å²) >= 11 is 0. The summed E-state index contributed by atoms with van der Waals surface area (Å²) < 4.78 is 5.55. The molecule has 4 heteroatoms. The van der Waals surface area contributed by atoms with E-state index in [0.29, 0.717) is 19.8 Å². The molecule has 0 aliphatic heterocycles. The van der Waals surface area contributed by atoms with Crippen LogP contribution in [0.1, 0.15) is 25.8 Å². The minimum absolute atomic E-state index is 0.0121. The Labute approximate surface area is 115 Å². The lowest BCUT2D eigenvalue weighted by atomic mass is 10.1. The second kappa shape index (κ2) is 7.92. The normalized spacial score (nSPS) is 11.3. The van der Waals surface area contributed by atoms with Crippen molar-refractivity contribution in [1.82, 2.24) is 10.6 Å². The van der Waals surface area contributed by atoms with E-state index in [1.54, 1.807) is 7.05 Å². The van der Waals surface area contributed by atoms with Gasteiger partial charge in [-0.15, -0.1) is 0 Å². The smallest absolute Gasteiger partial charge is 0.239 e. The van der Waals surface area contributed by atoms with Gasteiger partial charge in [0.2, 0.25) is 5.91 Å². The second-order valence-electron chi connectivity index (χ2n) is 5.02. The van der Waals surface area contributed by atoms with E-state index >= 15 is 0 Å². The van der Waals surface area contributed by atoms with Crippen molar-refractivity contribution in [3.8, 4) is 0 Å². The van der Waals surface area contributed by atoms with Gasteiger partial charge in [0.15, 0.2) is 0 Å². The molecule has 19 heavy (non-hydrogen) atoms. The van der Waals surface area contributed by atoms with Crippen molar-refractivity contribution < 1.29 is 9.53 Å². The van der Waals surface area contributed by atoms with Crippen molar-refractivity contribution in [1.29, 1.82) is 0 Å². The molecule has 0 spiro atoms. The quantitative estimate of drug-likeness (QED) is 0.703. The Balaban J connectivity index is 2.07. The van der Waals surface area contributed by atoms with Crippen molar-refractivity contribution >= 4 is 5.91 Å². The Bertz CT molecular complexity index is 377. The van der Waals surface area contributed by atoms with E-state index in [4.69, 9.17) is 4.74 Å². The Morgan fingerprint density at radius 3 is 2.58 bits per heavy atom. The molecule has 0 heterocycles. The van der Waals surface area contributed by atoms with Crippen LogP contribution in [0.25, 0.3) is 0 Å². The van der Waals surface area contributed by atoms with Crippen molar-refractivity contribution in [2.45, 2.75) is 32.4 Å². The van der Waals surface area contributed by atoms with E-state index in [2.05, 4.69) is 10.6 Å². The predicted octanol–water partition coefficient (Wildman–Crippen LogP) is 1.71. The van der Waals surface area contributed by atoms with E-state index in [0.717, 1.165) is 6.42 Å². The van der Waals surface area contributed by atoms with Gasteiger partial charge in [0.1, 0.15) is 0 Å². The van der Waals surface area contributed by atoms with Crippen molar-refractivity contribution in [2.75, 3.05) is 20.2 Å². The van der Waals surface area contributed by atoms with Crippen LogP contribution in [0, 0.1) is 0 Å². The lowest BCUT2D eigenvalue weighted by molar-refractivity contribution is -0.126. The molecule has 0 radical (unpaired) electrons. The minimum Gasteiger partial charge on any atom is -0.377 e. The highest BCUT2D eigenvalue weighted by atomic mass is 16.5. The number of nitrogens with one attached hydrogen (secondary N) is 2. The van der Waals surface area contributed by atoms with Crippen LogP contribution >= 0.6 is 0 Å². The highest BCUT2D eigenvalue weighted by Gasteiger charge is 2.24. The largest absolute Gasteiger partial charge is 0.377 e. The number of hydrogen-bond acceptors (Lipinski definition) is 3. The van der Waals surface area contributed by atoms with E-state index in [1.807, 2.05) is 44.2 Å². The number of amides is 1. The van der Waals surface area contributed by atoms with Crippen molar-refractivity contribution in [3.05, 3.63) is 35.9 Å². The Hall–Kier alpha value is -1.39. The SMILES string of the molecule is CNC(C)(C)C(=O)NCCCOCc1ccccc1. The molecular formula is C15H24N2O2. The van der Waals surface area contributed by atoms with Gasteiger partial charge in [0, 0.05) is 13.2 Å². The first-order valence-corrected chi connectivity index (χ1v) is 6.65. The number of rotatable bonds is 8. The molecular weight excluding hydrogens is 240 g/mol. The number of carbonyl (C=O) groups excluding carboxylic acids is 1.